The maximum absolute atomic E-state index is 12.9. The van der Waals surface area contributed by atoms with E-state index in [0.717, 1.165) is 0 Å². The number of nitrogens with zero attached hydrogens (tertiary/aromatic N) is 1. The number of piperidine rings is 1. The van der Waals surface area contributed by atoms with Crippen LogP contribution in [-0.4, -0.2) is 55.2 Å². The summed E-state index contributed by atoms with van der Waals surface area (Å²) in [5, 5.41) is 2.85. The number of rotatable bonds is 6. The summed E-state index contributed by atoms with van der Waals surface area (Å²) >= 11 is 0. The summed E-state index contributed by atoms with van der Waals surface area (Å²) in [6, 6.07) is 12.3. The molecule has 31 heavy (non-hydrogen) atoms. The van der Waals surface area contributed by atoms with Crippen molar-refractivity contribution in [2.24, 2.45) is 5.92 Å². The van der Waals surface area contributed by atoms with Gasteiger partial charge >= 0.3 is 0 Å². The lowest BCUT2D eigenvalue weighted by atomic mass is 9.88. The van der Waals surface area contributed by atoms with E-state index in [-0.39, 0.29) is 29.9 Å². The Bertz CT molecular complexity index is 995. The number of hydrogen-bond acceptors (Lipinski definition) is 6. The van der Waals surface area contributed by atoms with Gasteiger partial charge in [0, 0.05) is 22.7 Å². The first-order valence-electron chi connectivity index (χ1n) is 10.6. The van der Waals surface area contributed by atoms with E-state index in [2.05, 4.69) is 10.2 Å². The van der Waals surface area contributed by atoms with E-state index >= 15 is 0 Å². The Kier molecular flexibility index (Phi) is 6.32. The van der Waals surface area contributed by atoms with Crippen molar-refractivity contribution in [1.29, 1.82) is 0 Å². The molecule has 0 aromatic heterocycles. The number of Topliss-reactive ketones (excluding diaryl/α,β-unsaturated/α-hetero) is 2. The molecule has 1 amide bonds. The first kappa shape index (κ1) is 21.1. The highest BCUT2D eigenvalue weighted by Crippen LogP contribution is 2.32. The molecule has 0 spiro atoms. The van der Waals surface area contributed by atoms with Gasteiger partial charge in [0.05, 0.1) is 6.54 Å². The van der Waals surface area contributed by atoms with Crippen molar-refractivity contribution >= 4 is 23.2 Å². The van der Waals surface area contributed by atoms with Crippen molar-refractivity contribution in [2.45, 2.75) is 19.8 Å². The van der Waals surface area contributed by atoms with Crippen molar-refractivity contribution in [3.05, 3.63) is 53.6 Å². The minimum absolute atomic E-state index is 0.0409. The zero-order valence-electron chi connectivity index (χ0n) is 17.6. The smallest absolute Gasteiger partial charge is 0.238 e. The molecule has 2 aliphatic heterocycles. The quantitative estimate of drug-likeness (QED) is 0.720. The van der Waals surface area contributed by atoms with Gasteiger partial charge in [-0.2, -0.15) is 0 Å². The molecule has 0 atom stereocenters. The number of fused-ring (bicyclic) bond motifs is 1. The number of carbonyl (C=O) groups is 3. The number of amides is 1. The van der Waals surface area contributed by atoms with Crippen LogP contribution < -0.4 is 14.8 Å². The van der Waals surface area contributed by atoms with Gasteiger partial charge in [0.1, 0.15) is 13.2 Å². The number of likely N-dealkylation sites (tertiary alicyclic amines) is 1. The van der Waals surface area contributed by atoms with Crippen LogP contribution in [0.4, 0.5) is 5.69 Å². The summed E-state index contributed by atoms with van der Waals surface area (Å²) < 4.78 is 11.1. The second-order valence-corrected chi connectivity index (χ2v) is 7.96. The van der Waals surface area contributed by atoms with Crippen LogP contribution in [0.25, 0.3) is 0 Å². The zero-order valence-corrected chi connectivity index (χ0v) is 17.6. The van der Waals surface area contributed by atoms with E-state index in [1.54, 1.807) is 42.5 Å². The van der Waals surface area contributed by atoms with Crippen molar-refractivity contribution < 1.29 is 23.9 Å². The van der Waals surface area contributed by atoms with E-state index in [0.29, 0.717) is 67.5 Å². The molecule has 1 N–H and O–H groups in total. The van der Waals surface area contributed by atoms with Crippen LogP contribution in [0.3, 0.4) is 0 Å². The van der Waals surface area contributed by atoms with Gasteiger partial charge in [-0.25, -0.2) is 0 Å². The number of ketones is 2. The monoisotopic (exact) mass is 422 g/mol. The molecule has 0 aliphatic carbocycles. The number of benzene rings is 2. The Morgan fingerprint density at radius 1 is 0.968 bits per heavy atom. The molecule has 0 radical (unpaired) electrons. The van der Waals surface area contributed by atoms with E-state index in [1.807, 2.05) is 0 Å². The topological polar surface area (TPSA) is 84.9 Å². The highest BCUT2D eigenvalue weighted by molar-refractivity contribution is 5.99. The van der Waals surface area contributed by atoms with Crippen LogP contribution in [0.2, 0.25) is 0 Å². The lowest BCUT2D eigenvalue weighted by Crippen LogP contribution is -2.40. The second kappa shape index (κ2) is 9.31. The third-order valence-electron chi connectivity index (χ3n) is 5.71. The Labute approximate surface area is 181 Å². The van der Waals surface area contributed by atoms with Crippen LogP contribution in [-0.2, 0) is 4.79 Å². The lowest BCUT2D eigenvalue weighted by Gasteiger charge is -2.30. The normalized spacial score (nSPS) is 16.5. The Morgan fingerprint density at radius 2 is 1.71 bits per heavy atom. The molecule has 7 heteroatoms. The summed E-state index contributed by atoms with van der Waals surface area (Å²) in [4.78, 5) is 38.9. The van der Waals surface area contributed by atoms with Crippen LogP contribution in [0.5, 0.6) is 11.5 Å². The fourth-order valence-corrected chi connectivity index (χ4v) is 4.01. The number of nitrogens with one attached hydrogen (secondary N) is 1. The van der Waals surface area contributed by atoms with Gasteiger partial charge in [0.15, 0.2) is 23.1 Å². The maximum Gasteiger partial charge on any atom is 0.238 e. The van der Waals surface area contributed by atoms with Gasteiger partial charge in [0.25, 0.3) is 0 Å². The SMILES string of the molecule is CC(=O)c1cccc(NC(=O)CN2CCC(C(=O)c3ccc4c(c3)OCCO4)CC2)c1. The summed E-state index contributed by atoms with van der Waals surface area (Å²) in [5.41, 5.74) is 1.82. The first-order valence-corrected chi connectivity index (χ1v) is 10.6. The minimum atomic E-state index is -0.127. The molecule has 162 valence electrons. The molecular weight excluding hydrogens is 396 g/mol. The minimum Gasteiger partial charge on any atom is -0.486 e. The van der Waals surface area contributed by atoms with Crippen molar-refractivity contribution in [3.63, 3.8) is 0 Å². The van der Waals surface area contributed by atoms with Gasteiger partial charge in [-0.1, -0.05) is 12.1 Å². The number of ether oxygens (including phenoxy) is 2. The summed E-state index contributed by atoms with van der Waals surface area (Å²) in [5.74, 6) is 1.19. The van der Waals surface area contributed by atoms with Crippen molar-refractivity contribution in [2.75, 3.05) is 38.2 Å². The molecule has 2 aliphatic rings. The molecule has 0 saturated carbocycles. The average molecular weight is 422 g/mol. The highest BCUT2D eigenvalue weighted by Gasteiger charge is 2.27. The molecule has 0 bridgehead atoms. The third kappa shape index (κ3) is 5.11. The van der Waals surface area contributed by atoms with E-state index in [4.69, 9.17) is 9.47 Å². The molecule has 2 aromatic rings. The number of anilines is 1. The van der Waals surface area contributed by atoms with Crippen molar-refractivity contribution in [1.82, 2.24) is 4.90 Å². The Hall–Kier alpha value is -3.19. The predicted octanol–water partition coefficient (Wildman–Crippen LogP) is 3.19. The van der Waals surface area contributed by atoms with Crippen LogP contribution in [0.1, 0.15) is 40.5 Å². The molecule has 0 unspecified atom stereocenters. The Morgan fingerprint density at radius 3 is 2.45 bits per heavy atom. The van der Waals surface area contributed by atoms with Crippen LogP contribution >= 0.6 is 0 Å². The first-order chi connectivity index (χ1) is 15.0. The highest BCUT2D eigenvalue weighted by atomic mass is 16.6. The number of hydrogen-bond donors (Lipinski definition) is 1. The standard InChI is InChI=1S/C24H26N2O5/c1-16(27)18-3-2-4-20(13-18)25-23(28)15-26-9-7-17(8-10-26)24(29)19-5-6-21-22(14-19)31-12-11-30-21/h2-6,13-14,17H,7-12,15H2,1H3,(H,25,28). The second-order valence-electron chi connectivity index (χ2n) is 7.96. The van der Waals surface area contributed by atoms with Crippen molar-refractivity contribution in [3.8, 4) is 11.5 Å². The van der Waals surface area contributed by atoms with Gasteiger partial charge in [-0.3, -0.25) is 19.3 Å². The average Bonchev–Trinajstić information content (AvgIpc) is 2.79. The fraction of sp³-hybridized carbons (Fsp3) is 0.375. The van der Waals surface area contributed by atoms with Gasteiger partial charge in [0.2, 0.25) is 5.91 Å². The van der Waals surface area contributed by atoms with Gasteiger partial charge in [-0.15, -0.1) is 0 Å². The summed E-state index contributed by atoms with van der Waals surface area (Å²) in [6.07, 6.45) is 1.42. The van der Waals surface area contributed by atoms with E-state index < -0.39 is 0 Å². The third-order valence-corrected chi connectivity index (χ3v) is 5.71. The predicted molar refractivity (Wildman–Crippen MR) is 116 cm³/mol. The van der Waals surface area contributed by atoms with Crippen LogP contribution in [0.15, 0.2) is 42.5 Å². The largest absolute Gasteiger partial charge is 0.486 e. The maximum atomic E-state index is 12.9. The van der Waals surface area contributed by atoms with E-state index in [1.165, 1.54) is 6.92 Å². The molecule has 4 rings (SSSR count). The Balaban J connectivity index is 1.28. The molecular formula is C24H26N2O5. The number of carbonyl (C=O) groups excluding carboxylic acids is 3. The molecule has 7 nitrogen and oxygen atoms in total. The molecule has 2 heterocycles. The van der Waals surface area contributed by atoms with Gasteiger partial charge < -0.3 is 14.8 Å². The zero-order chi connectivity index (χ0) is 21.8. The van der Waals surface area contributed by atoms with Gasteiger partial charge in [-0.05, 0) is 63.2 Å². The van der Waals surface area contributed by atoms with Crippen LogP contribution in [0, 0.1) is 5.92 Å². The van der Waals surface area contributed by atoms with E-state index in [9.17, 15) is 14.4 Å². The molecule has 1 saturated heterocycles. The lowest BCUT2D eigenvalue weighted by molar-refractivity contribution is -0.117. The summed E-state index contributed by atoms with van der Waals surface area (Å²) in [7, 11) is 0. The fourth-order valence-electron chi connectivity index (χ4n) is 4.01. The summed E-state index contributed by atoms with van der Waals surface area (Å²) in [6.45, 7) is 4.13. The molecule has 2 aromatic carbocycles. The molecule has 1 fully saturated rings.